The molecule has 76 valence electrons. The van der Waals surface area contributed by atoms with Gasteiger partial charge in [0.15, 0.2) is 0 Å². The van der Waals surface area contributed by atoms with Crippen LogP contribution in [0, 0.1) is 17.8 Å². The summed E-state index contributed by atoms with van der Waals surface area (Å²) in [6.45, 7) is 2.03. The minimum absolute atomic E-state index is 0.0500. The summed E-state index contributed by atoms with van der Waals surface area (Å²) < 4.78 is 0. The van der Waals surface area contributed by atoms with E-state index in [2.05, 4.69) is 6.92 Å². The standard InChI is InChI=1S/C11H20O2/c1-8-5-9-3-2-4-10(6-9)11(8,13)7-12/h8-10,12-13H,2-7H2,1H3. The zero-order valence-electron chi connectivity index (χ0n) is 8.37. The Labute approximate surface area is 80.0 Å². The third-order valence-electron chi connectivity index (χ3n) is 4.28. The Balaban J connectivity index is 2.17. The van der Waals surface area contributed by atoms with Crippen molar-refractivity contribution in [3.05, 3.63) is 0 Å². The van der Waals surface area contributed by atoms with Crippen LogP contribution in [-0.4, -0.2) is 22.4 Å². The molecule has 0 radical (unpaired) electrons. The molecule has 2 heteroatoms. The van der Waals surface area contributed by atoms with E-state index in [-0.39, 0.29) is 12.5 Å². The molecule has 2 aliphatic carbocycles. The fourth-order valence-electron chi connectivity index (χ4n) is 3.35. The molecule has 2 aliphatic rings. The quantitative estimate of drug-likeness (QED) is 0.649. The average Bonchev–Trinajstić information content (AvgIpc) is 2.15. The number of aliphatic hydroxyl groups is 2. The Morgan fingerprint density at radius 1 is 1.31 bits per heavy atom. The Bertz CT molecular complexity index is 191. The summed E-state index contributed by atoms with van der Waals surface area (Å²) in [5, 5.41) is 19.6. The minimum atomic E-state index is -0.767. The van der Waals surface area contributed by atoms with Crippen molar-refractivity contribution in [2.75, 3.05) is 6.61 Å². The normalized spacial score (nSPS) is 50.5. The van der Waals surface area contributed by atoms with Crippen LogP contribution < -0.4 is 0 Å². The summed E-state index contributed by atoms with van der Waals surface area (Å²) in [7, 11) is 0. The number of fused-ring (bicyclic) bond motifs is 2. The van der Waals surface area contributed by atoms with Gasteiger partial charge in [-0.15, -0.1) is 0 Å². The lowest BCUT2D eigenvalue weighted by Crippen LogP contribution is -2.53. The molecule has 0 saturated heterocycles. The Morgan fingerprint density at radius 3 is 2.77 bits per heavy atom. The van der Waals surface area contributed by atoms with Gasteiger partial charge in [-0.2, -0.15) is 0 Å². The van der Waals surface area contributed by atoms with Crippen molar-refractivity contribution in [1.82, 2.24) is 0 Å². The minimum Gasteiger partial charge on any atom is -0.393 e. The zero-order valence-corrected chi connectivity index (χ0v) is 8.37. The van der Waals surface area contributed by atoms with Crippen LogP contribution in [0.15, 0.2) is 0 Å². The number of rotatable bonds is 1. The van der Waals surface area contributed by atoms with Crippen molar-refractivity contribution in [1.29, 1.82) is 0 Å². The summed E-state index contributed by atoms with van der Waals surface area (Å²) in [6.07, 6.45) is 5.93. The SMILES string of the molecule is CC1CC2CCCC(C2)C1(O)CO. The summed E-state index contributed by atoms with van der Waals surface area (Å²) in [5.74, 6) is 1.46. The van der Waals surface area contributed by atoms with E-state index in [0.29, 0.717) is 5.92 Å². The molecule has 0 aromatic carbocycles. The van der Waals surface area contributed by atoms with Crippen LogP contribution in [0.25, 0.3) is 0 Å². The molecule has 2 bridgehead atoms. The van der Waals surface area contributed by atoms with E-state index in [4.69, 9.17) is 0 Å². The van der Waals surface area contributed by atoms with Crippen molar-refractivity contribution < 1.29 is 10.2 Å². The van der Waals surface area contributed by atoms with Gasteiger partial charge in [-0.05, 0) is 37.0 Å². The van der Waals surface area contributed by atoms with E-state index >= 15 is 0 Å². The first-order valence-corrected chi connectivity index (χ1v) is 5.50. The predicted molar refractivity (Wildman–Crippen MR) is 51.3 cm³/mol. The van der Waals surface area contributed by atoms with E-state index in [1.807, 2.05) is 0 Å². The van der Waals surface area contributed by atoms with Crippen LogP contribution in [0.1, 0.15) is 39.0 Å². The molecule has 2 fully saturated rings. The number of aliphatic hydroxyl groups excluding tert-OH is 1. The second kappa shape index (κ2) is 3.25. The molecular weight excluding hydrogens is 164 g/mol. The highest BCUT2D eigenvalue weighted by molar-refractivity contribution is 4.98. The highest BCUT2D eigenvalue weighted by Gasteiger charge is 2.47. The third-order valence-corrected chi connectivity index (χ3v) is 4.28. The molecule has 0 aliphatic heterocycles. The van der Waals surface area contributed by atoms with E-state index < -0.39 is 5.60 Å². The lowest BCUT2D eigenvalue weighted by Gasteiger charge is -2.49. The maximum Gasteiger partial charge on any atom is 0.0930 e. The molecule has 2 nitrogen and oxygen atoms in total. The van der Waals surface area contributed by atoms with Crippen molar-refractivity contribution in [2.45, 2.75) is 44.6 Å². The van der Waals surface area contributed by atoms with Crippen molar-refractivity contribution in [3.63, 3.8) is 0 Å². The molecule has 13 heavy (non-hydrogen) atoms. The predicted octanol–water partition coefficient (Wildman–Crippen LogP) is 1.56. The summed E-state index contributed by atoms with van der Waals surface area (Å²) in [5.41, 5.74) is -0.767. The molecule has 0 aromatic heterocycles. The van der Waals surface area contributed by atoms with Gasteiger partial charge in [0.25, 0.3) is 0 Å². The molecule has 0 aromatic rings. The second-order valence-electron chi connectivity index (χ2n) is 5.02. The molecular formula is C11H20O2. The number of hydrogen-bond acceptors (Lipinski definition) is 2. The van der Waals surface area contributed by atoms with Gasteiger partial charge < -0.3 is 10.2 Å². The van der Waals surface area contributed by atoms with E-state index in [1.165, 1.54) is 12.8 Å². The van der Waals surface area contributed by atoms with E-state index in [1.54, 1.807) is 0 Å². The fraction of sp³-hybridized carbons (Fsp3) is 1.00. The van der Waals surface area contributed by atoms with Crippen molar-refractivity contribution in [3.8, 4) is 0 Å². The van der Waals surface area contributed by atoms with Gasteiger partial charge in [0, 0.05) is 0 Å². The second-order valence-corrected chi connectivity index (χ2v) is 5.02. The summed E-state index contributed by atoms with van der Waals surface area (Å²) in [4.78, 5) is 0. The highest BCUT2D eigenvalue weighted by Crippen LogP contribution is 2.47. The molecule has 2 saturated carbocycles. The molecule has 4 unspecified atom stereocenters. The fourth-order valence-corrected chi connectivity index (χ4v) is 3.35. The van der Waals surface area contributed by atoms with Gasteiger partial charge >= 0.3 is 0 Å². The zero-order chi connectivity index (χ0) is 9.47. The Morgan fingerprint density at radius 2 is 2.08 bits per heavy atom. The molecule has 4 atom stereocenters. The van der Waals surface area contributed by atoms with Crippen molar-refractivity contribution >= 4 is 0 Å². The first kappa shape index (κ1) is 9.47. The van der Waals surface area contributed by atoms with Crippen LogP contribution in [0.2, 0.25) is 0 Å². The van der Waals surface area contributed by atoms with Crippen LogP contribution in [0.3, 0.4) is 0 Å². The van der Waals surface area contributed by atoms with Gasteiger partial charge in [-0.1, -0.05) is 19.8 Å². The van der Waals surface area contributed by atoms with Gasteiger partial charge in [-0.25, -0.2) is 0 Å². The van der Waals surface area contributed by atoms with Gasteiger partial charge in [-0.3, -0.25) is 0 Å². The molecule has 0 amide bonds. The van der Waals surface area contributed by atoms with Gasteiger partial charge in [0.05, 0.1) is 12.2 Å². The molecule has 2 N–H and O–H groups in total. The molecule has 0 spiro atoms. The summed E-state index contributed by atoms with van der Waals surface area (Å²) >= 11 is 0. The lowest BCUT2D eigenvalue weighted by atomic mass is 9.60. The Hall–Kier alpha value is -0.0800. The van der Waals surface area contributed by atoms with Crippen LogP contribution in [0.5, 0.6) is 0 Å². The van der Waals surface area contributed by atoms with Gasteiger partial charge in [0.1, 0.15) is 0 Å². The average molecular weight is 184 g/mol. The Kier molecular flexibility index (Phi) is 2.37. The summed E-state index contributed by atoms with van der Waals surface area (Å²) in [6, 6.07) is 0. The smallest absolute Gasteiger partial charge is 0.0930 e. The lowest BCUT2D eigenvalue weighted by molar-refractivity contribution is -0.143. The van der Waals surface area contributed by atoms with E-state index in [9.17, 15) is 10.2 Å². The monoisotopic (exact) mass is 184 g/mol. The maximum absolute atomic E-state index is 10.3. The van der Waals surface area contributed by atoms with Crippen LogP contribution >= 0.6 is 0 Å². The topological polar surface area (TPSA) is 40.5 Å². The number of hydrogen-bond donors (Lipinski definition) is 2. The third kappa shape index (κ3) is 1.40. The largest absolute Gasteiger partial charge is 0.393 e. The molecule has 2 rings (SSSR count). The highest BCUT2D eigenvalue weighted by atomic mass is 16.3. The molecule has 0 heterocycles. The van der Waals surface area contributed by atoms with Gasteiger partial charge in [0.2, 0.25) is 0 Å². The maximum atomic E-state index is 10.3. The first-order valence-electron chi connectivity index (χ1n) is 5.50. The van der Waals surface area contributed by atoms with Crippen molar-refractivity contribution in [2.24, 2.45) is 17.8 Å². The van der Waals surface area contributed by atoms with Crippen LogP contribution in [0.4, 0.5) is 0 Å². The van der Waals surface area contributed by atoms with E-state index in [0.717, 1.165) is 25.2 Å². The van der Waals surface area contributed by atoms with Crippen LogP contribution in [-0.2, 0) is 0 Å². The first-order chi connectivity index (χ1) is 6.16.